The molecule has 3 nitrogen and oxygen atoms in total. The molecule has 14 heavy (non-hydrogen) atoms. The maximum Gasteiger partial charge on any atom is 0.165 e. The van der Waals surface area contributed by atoms with E-state index >= 15 is 0 Å². The summed E-state index contributed by atoms with van der Waals surface area (Å²) in [6, 6.07) is 5.84. The lowest BCUT2D eigenvalue weighted by Crippen LogP contribution is -2.20. The van der Waals surface area contributed by atoms with Crippen LogP contribution in [0.3, 0.4) is 0 Å². The highest BCUT2D eigenvalue weighted by Crippen LogP contribution is 2.18. The predicted octanol–water partition coefficient (Wildman–Crippen LogP) is 1.23. The predicted molar refractivity (Wildman–Crippen MR) is 50.2 cm³/mol. The molecule has 1 aromatic carbocycles. The van der Waals surface area contributed by atoms with Crippen LogP contribution >= 0.6 is 0 Å². The quantitative estimate of drug-likeness (QED) is 0.787. The summed E-state index contributed by atoms with van der Waals surface area (Å²) in [5, 5.41) is 8.47. The molecule has 0 spiro atoms. The summed E-state index contributed by atoms with van der Waals surface area (Å²) >= 11 is 0. The molecule has 1 atom stereocenters. The number of rotatable bonds is 3. The average molecular weight is 194 g/mol. The van der Waals surface area contributed by atoms with Crippen molar-refractivity contribution < 1.29 is 9.13 Å². The van der Waals surface area contributed by atoms with Gasteiger partial charge in [0.25, 0.3) is 0 Å². The van der Waals surface area contributed by atoms with Gasteiger partial charge in [-0.1, -0.05) is 6.07 Å². The van der Waals surface area contributed by atoms with Crippen LogP contribution in [0.15, 0.2) is 18.2 Å². The molecule has 1 rings (SSSR count). The van der Waals surface area contributed by atoms with Crippen LogP contribution in [0.1, 0.15) is 5.56 Å². The Hall–Kier alpha value is -1.60. The van der Waals surface area contributed by atoms with Crippen LogP contribution < -0.4 is 10.5 Å². The molecule has 74 valence electrons. The standard InChI is InChI=1S/C10H11FN2O/c1-14-10-3-2-7(5-9(10)11)4-8(13)6-12/h2-3,5,8H,4,13H2,1H3/t8-/m1/s1. The number of methoxy groups -OCH3 is 1. The Morgan fingerprint density at radius 1 is 1.64 bits per heavy atom. The Labute approximate surface area is 81.9 Å². The van der Waals surface area contributed by atoms with E-state index in [1.54, 1.807) is 6.07 Å². The summed E-state index contributed by atoms with van der Waals surface area (Å²) in [6.45, 7) is 0. The molecule has 0 unspecified atom stereocenters. The normalized spacial score (nSPS) is 11.9. The van der Waals surface area contributed by atoms with Gasteiger partial charge in [-0.15, -0.1) is 0 Å². The second-order valence-electron chi connectivity index (χ2n) is 2.91. The molecule has 0 aliphatic carbocycles. The number of hydrogen-bond donors (Lipinski definition) is 1. The van der Waals surface area contributed by atoms with Gasteiger partial charge in [0.15, 0.2) is 11.6 Å². The Kier molecular flexibility index (Phi) is 3.43. The van der Waals surface area contributed by atoms with Crippen molar-refractivity contribution in [3.8, 4) is 11.8 Å². The number of ether oxygens (including phenoxy) is 1. The first-order valence-electron chi connectivity index (χ1n) is 4.15. The molecule has 1 aromatic rings. The van der Waals surface area contributed by atoms with Gasteiger partial charge >= 0.3 is 0 Å². The van der Waals surface area contributed by atoms with E-state index in [2.05, 4.69) is 0 Å². The average Bonchev–Trinajstić information content (AvgIpc) is 2.18. The Morgan fingerprint density at radius 2 is 2.36 bits per heavy atom. The lowest BCUT2D eigenvalue weighted by molar-refractivity contribution is 0.386. The van der Waals surface area contributed by atoms with Crippen molar-refractivity contribution in [2.24, 2.45) is 5.73 Å². The Morgan fingerprint density at radius 3 is 2.86 bits per heavy atom. The first kappa shape index (κ1) is 10.5. The summed E-state index contributed by atoms with van der Waals surface area (Å²) in [7, 11) is 1.40. The molecule has 0 aromatic heterocycles. The molecule has 0 saturated carbocycles. The number of nitrogens with zero attached hydrogens (tertiary/aromatic N) is 1. The van der Waals surface area contributed by atoms with Crippen LogP contribution in [-0.4, -0.2) is 13.2 Å². The van der Waals surface area contributed by atoms with Crippen molar-refractivity contribution in [1.29, 1.82) is 5.26 Å². The third kappa shape index (κ3) is 2.44. The van der Waals surface area contributed by atoms with Crippen molar-refractivity contribution in [3.05, 3.63) is 29.6 Å². The van der Waals surface area contributed by atoms with Crippen LogP contribution in [0.25, 0.3) is 0 Å². The zero-order valence-corrected chi connectivity index (χ0v) is 7.83. The van der Waals surface area contributed by atoms with E-state index in [4.69, 9.17) is 15.7 Å². The van der Waals surface area contributed by atoms with Crippen molar-refractivity contribution in [1.82, 2.24) is 0 Å². The van der Waals surface area contributed by atoms with Gasteiger partial charge in [-0.3, -0.25) is 0 Å². The molecule has 0 amide bonds. The SMILES string of the molecule is COc1ccc(C[C@@H](N)C#N)cc1F. The first-order valence-corrected chi connectivity index (χ1v) is 4.15. The molecule has 2 N–H and O–H groups in total. The number of halogens is 1. The number of nitriles is 1. The van der Waals surface area contributed by atoms with E-state index in [1.807, 2.05) is 6.07 Å². The smallest absolute Gasteiger partial charge is 0.165 e. The highest BCUT2D eigenvalue weighted by molar-refractivity contribution is 5.30. The molecule has 0 fully saturated rings. The molecule has 0 aliphatic rings. The van der Waals surface area contributed by atoms with Gasteiger partial charge in [0.2, 0.25) is 0 Å². The van der Waals surface area contributed by atoms with Crippen molar-refractivity contribution in [2.75, 3.05) is 7.11 Å². The van der Waals surface area contributed by atoms with Crippen LogP contribution in [-0.2, 0) is 6.42 Å². The third-order valence-corrected chi connectivity index (χ3v) is 1.84. The lowest BCUT2D eigenvalue weighted by Gasteiger charge is -2.05. The van der Waals surface area contributed by atoms with Crippen LogP contribution in [0.5, 0.6) is 5.75 Å². The van der Waals surface area contributed by atoms with Crippen molar-refractivity contribution in [2.45, 2.75) is 12.5 Å². The second-order valence-corrected chi connectivity index (χ2v) is 2.91. The largest absolute Gasteiger partial charge is 0.494 e. The molecule has 4 heteroatoms. The zero-order chi connectivity index (χ0) is 10.6. The highest BCUT2D eigenvalue weighted by atomic mass is 19.1. The maximum absolute atomic E-state index is 13.2. The summed E-state index contributed by atoms with van der Waals surface area (Å²) in [5.41, 5.74) is 6.10. The third-order valence-electron chi connectivity index (χ3n) is 1.84. The highest BCUT2D eigenvalue weighted by Gasteiger charge is 2.06. The minimum atomic E-state index is -0.595. The van der Waals surface area contributed by atoms with Crippen LogP contribution in [0.2, 0.25) is 0 Å². The van der Waals surface area contributed by atoms with E-state index in [1.165, 1.54) is 19.2 Å². The van der Waals surface area contributed by atoms with E-state index in [9.17, 15) is 4.39 Å². The first-order chi connectivity index (χ1) is 6.67. The minimum absolute atomic E-state index is 0.194. The molecule has 0 radical (unpaired) electrons. The second kappa shape index (κ2) is 4.58. The maximum atomic E-state index is 13.2. The van der Waals surface area contributed by atoms with E-state index in [0.29, 0.717) is 12.0 Å². The zero-order valence-electron chi connectivity index (χ0n) is 7.83. The van der Waals surface area contributed by atoms with Gasteiger partial charge in [0, 0.05) is 6.42 Å². The van der Waals surface area contributed by atoms with Crippen LogP contribution in [0, 0.1) is 17.1 Å². The topological polar surface area (TPSA) is 59.0 Å². The number of hydrogen-bond acceptors (Lipinski definition) is 3. The molecule has 0 bridgehead atoms. The van der Waals surface area contributed by atoms with Gasteiger partial charge in [0.05, 0.1) is 19.2 Å². The fraction of sp³-hybridized carbons (Fsp3) is 0.300. The van der Waals surface area contributed by atoms with E-state index in [-0.39, 0.29) is 5.75 Å². The lowest BCUT2D eigenvalue weighted by atomic mass is 10.1. The van der Waals surface area contributed by atoms with E-state index < -0.39 is 11.9 Å². The van der Waals surface area contributed by atoms with Crippen LogP contribution in [0.4, 0.5) is 4.39 Å². The number of benzene rings is 1. The van der Waals surface area contributed by atoms with Gasteiger partial charge in [0.1, 0.15) is 0 Å². The Balaban J connectivity index is 2.82. The minimum Gasteiger partial charge on any atom is -0.494 e. The summed E-state index contributed by atoms with van der Waals surface area (Å²) < 4.78 is 17.9. The molecule has 0 saturated heterocycles. The van der Waals surface area contributed by atoms with Crippen molar-refractivity contribution in [3.63, 3.8) is 0 Å². The summed E-state index contributed by atoms with van der Waals surface area (Å²) in [4.78, 5) is 0. The molecule has 0 heterocycles. The monoisotopic (exact) mass is 194 g/mol. The summed E-state index contributed by atoms with van der Waals surface area (Å²) in [6.07, 6.45) is 0.345. The fourth-order valence-electron chi connectivity index (χ4n) is 1.14. The molecular weight excluding hydrogens is 183 g/mol. The summed E-state index contributed by atoms with van der Waals surface area (Å²) in [5.74, 6) is -0.241. The van der Waals surface area contributed by atoms with Gasteiger partial charge in [-0.2, -0.15) is 5.26 Å². The molecular formula is C10H11FN2O. The van der Waals surface area contributed by atoms with Gasteiger partial charge in [-0.25, -0.2) is 4.39 Å². The van der Waals surface area contributed by atoms with E-state index in [0.717, 1.165) is 0 Å². The van der Waals surface area contributed by atoms with Crippen molar-refractivity contribution >= 4 is 0 Å². The van der Waals surface area contributed by atoms with Gasteiger partial charge in [-0.05, 0) is 17.7 Å². The molecule has 0 aliphatic heterocycles. The Bertz CT molecular complexity index is 360. The fourth-order valence-corrected chi connectivity index (χ4v) is 1.14. The number of nitrogens with two attached hydrogens (primary N) is 1. The van der Waals surface area contributed by atoms with Gasteiger partial charge < -0.3 is 10.5 Å².